The third-order valence-corrected chi connectivity index (χ3v) is 3.25. The zero-order chi connectivity index (χ0) is 14.7. The molecule has 0 saturated carbocycles. The second-order valence-corrected chi connectivity index (χ2v) is 4.68. The summed E-state index contributed by atoms with van der Waals surface area (Å²) in [4.78, 5) is 13.0. The maximum Gasteiger partial charge on any atom is 0.138 e. The summed E-state index contributed by atoms with van der Waals surface area (Å²) >= 11 is 0. The van der Waals surface area contributed by atoms with Crippen LogP contribution >= 0.6 is 0 Å². The van der Waals surface area contributed by atoms with E-state index in [4.69, 9.17) is 4.74 Å². The molecule has 0 saturated heterocycles. The van der Waals surface area contributed by atoms with Gasteiger partial charge in [-0.2, -0.15) is 0 Å². The average molecular weight is 280 g/mol. The lowest BCUT2D eigenvalue weighted by molar-refractivity contribution is 0.410. The third-order valence-electron chi connectivity index (χ3n) is 3.25. The molecule has 0 aliphatic heterocycles. The molecule has 3 rings (SSSR count). The summed E-state index contributed by atoms with van der Waals surface area (Å²) in [6.45, 7) is 2.51. The number of para-hydroxylation sites is 1. The van der Waals surface area contributed by atoms with E-state index in [9.17, 15) is 0 Å². The maximum absolute atomic E-state index is 5.36. The van der Waals surface area contributed by atoms with E-state index in [1.807, 2.05) is 37.3 Å². The van der Waals surface area contributed by atoms with Crippen molar-refractivity contribution in [3.05, 3.63) is 54.1 Å². The van der Waals surface area contributed by atoms with Crippen LogP contribution in [0.25, 0.3) is 10.9 Å². The highest BCUT2D eigenvalue weighted by molar-refractivity contribution is 5.88. The average Bonchev–Trinajstić information content (AvgIpc) is 2.52. The Morgan fingerprint density at radius 1 is 1.14 bits per heavy atom. The van der Waals surface area contributed by atoms with Crippen LogP contribution in [0.3, 0.4) is 0 Å². The summed E-state index contributed by atoms with van der Waals surface area (Å²) in [6.07, 6.45) is 3.49. The molecular formula is C16H16N4O. The number of pyridine rings is 1. The molecule has 1 N–H and O–H groups in total. The van der Waals surface area contributed by atoms with Crippen molar-refractivity contribution in [1.82, 2.24) is 15.0 Å². The summed E-state index contributed by atoms with van der Waals surface area (Å²) in [6, 6.07) is 9.85. The number of fused-ring (bicyclic) bond motifs is 1. The Kier molecular flexibility index (Phi) is 3.64. The first-order chi connectivity index (χ1) is 10.3. The minimum Gasteiger partial charge on any atom is -0.496 e. The number of hydrogen-bond donors (Lipinski definition) is 1. The van der Waals surface area contributed by atoms with Crippen molar-refractivity contribution in [1.29, 1.82) is 0 Å². The van der Waals surface area contributed by atoms with Gasteiger partial charge < -0.3 is 10.1 Å². The quantitative estimate of drug-likeness (QED) is 0.796. The van der Waals surface area contributed by atoms with Crippen molar-refractivity contribution in [2.24, 2.45) is 0 Å². The topological polar surface area (TPSA) is 59.9 Å². The van der Waals surface area contributed by atoms with Crippen molar-refractivity contribution < 1.29 is 4.74 Å². The molecule has 0 radical (unpaired) electrons. The van der Waals surface area contributed by atoms with Gasteiger partial charge in [0.25, 0.3) is 0 Å². The Labute approximate surface area is 123 Å². The molecule has 0 fully saturated rings. The zero-order valence-corrected chi connectivity index (χ0v) is 12.0. The van der Waals surface area contributed by atoms with Crippen molar-refractivity contribution in [3.63, 3.8) is 0 Å². The number of ether oxygens (including phenoxy) is 1. The van der Waals surface area contributed by atoms with E-state index in [-0.39, 0.29) is 0 Å². The minimum atomic E-state index is 0.637. The Morgan fingerprint density at radius 3 is 2.86 bits per heavy atom. The fourth-order valence-corrected chi connectivity index (χ4v) is 2.26. The van der Waals surface area contributed by atoms with Gasteiger partial charge in [-0.05, 0) is 19.1 Å². The number of aromatic nitrogens is 3. The lowest BCUT2D eigenvalue weighted by Crippen LogP contribution is -2.05. The number of nitrogens with one attached hydrogen (secondary N) is 1. The first-order valence-electron chi connectivity index (χ1n) is 6.72. The molecule has 0 aliphatic carbocycles. The van der Waals surface area contributed by atoms with E-state index in [1.165, 1.54) is 0 Å². The number of aryl methyl sites for hydroxylation is 1. The number of nitrogens with zero attached hydrogens (tertiary/aromatic N) is 3. The van der Waals surface area contributed by atoms with Crippen LogP contribution in [0.4, 0.5) is 5.82 Å². The Balaban J connectivity index is 1.92. The number of anilines is 1. The first-order valence-corrected chi connectivity index (χ1v) is 6.72. The molecule has 5 nitrogen and oxygen atoms in total. The largest absolute Gasteiger partial charge is 0.496 e. The van der Waals surface area contributed by atoms with Gasteiger partial charge in [0.2, 0.25) is 0 Å². The highest BCUT2D eigenvalue weighted by atomic mass is 16.5. The summed E-state index contributed by atoms with van der Waals surface area (Å²) in [5, 5.41) is 4.32. The standard InChI is InChI=1S/C16H16N4O/c1-11-19-14-10-17-8-7-13(14)16(20-11)18-9-12-5-3-4-6-15(12)21-2/h3-8,10H,9H2,1-2H3,(H,18,19,20). The van der Waals surface area contributed by atoms with Crippen LogP contribution in [0, 0.1) is 6.92 Å². The zero-order valence-electron chi connectivity index (χ0n) is 12.0. The van der Waals surface area contributed by atoms with Crippen molar-refractivity contribution in [3.8, 4) is 5.75 Å². The highest BCUT2D eigenvalue weighted by Gasteiger charge is 2.07. The Morgan fingerprint density at radius 2 is 2.00 bits per heavy atom. The van der Waals surface area contributed by atoms with Gasteiger partial charge in [0.1, 0.15) is 17.4 Å². The second-order valence-electron chi connectivity index (χ2n) is 4.68. The number of hydrogen-bond acceptors (Lipinski definition) is 5. The van der Waals surface area contributed by atoms with Crippen LogP contribution in [0.5, 0.6) is 5.75 Å². The molecule has 0 amide bonds. The summed E-state index contributed by atoms with van der Waals surface area (Å²) in [5.74, 6) is 2.39. The van der Waals surface area contributed by atoms with Crippen molar-refractivity contribution in [2.75, 3.05) is 12.4 Å². The van der Waals surface area contributed by atoms with Gasteiger partial charge in [-0.25, -0.2) is 9.97 Å². The molecular weight excluding hydrogens is 264 g/mol. The van der Waals surface area contributed by atoms with Crippen LogP contribution in [0.15, 0.2) is 42.7 Å². The van der Waals surface area contributed by atoms with Gasteiger partial charge in [-0.3, -0.25) is 4.98 Å². The predicted octanol–water partition coefficient (Wildman–Crippen LogP) is 2.95. The SMILES string of the molecule is COc1ccccc1CNc1nc(C)nc2cnccc12. The number of methoxy groups -OCH3 is 1. The Hall–Kier alpha value is -2.69. The van der Waals surface area contributed by atoms with Crippen LogP contribution in [0.2, 0.25) is 0 Å². The Bertz CT molecular complexity index is 773. The summed E-state index contributed by atoms with van der Waals surface area (Å²) < 4.78 is 5.36. The van der Waals surface area contributed by atoms with Crippen LogP contribution in [0.1, 0.15) is 11.4 Å². The molecule has 21 heavy (non-hydrogen) atoms. The molecule has 106 valence electrons. The molecule has 0 spiro atoms. The van der Waals surface area contributed by atoms with E-state index >= 15 is 0 Å². The predicted molar refractivity (Wildman–Crippen MR) is 82.4 cm³/mol. The molecule has 2 aromatic heterocycles. The normalized spacial score (nSPS) is 10.6. The van der Waals surface area contributed by atoms with Gasteiger partial charge in [0.05, 0.1) is 18.8 Å². The lowest BCUT2D eigenvalue weighted by atomic mass is 10.2. The molecule has 0 bridgehead atoms. The van der Waals surface area contributed by atoms with Gasteiger partial charge in [-0.1, -0.05) is 18.2 Å². The molecule has 0 aliphatic rings. The van der Waals surface area contributed by atoms with Crippen molar-refractivity contribution in [2.45, 2.75) is 13.5 Å². The fourth-order valence-electron chi connectivity index (χ4n) is 2.26. The first kappa shape index (κ1) is 13.3. The monoisotopic (exact) mass is 280 g/mol. The summed E-state index contributed by atoms with van der Waals surface area (Å²) in [7, 11) is 1.68. The van der Waals surface area contributed by atoms with Gasteiger partial charge in [0.15, 0.2) is 0 Å². The van der Waals surface area contributed by atoms with E-state index in [1.54, 1.807) is 19.5 Å². The van der Waals surface area contributed by atoms with Crippen LogP contribution < -0.4 is 10.1 Å². The molecule has 0 unspecified atom stereocenters. The highest BCUT2D eigenvalue weighted by Crippen LogP contribution is 2.22. The number of benzene rings is 1. The molecule has 0 atom stereocenters. The molecule has 5 heteroatoms. The molecule has 1 aromatic carbocycles. The maximum atomic E-state index is 5.36. The van der Waals surface area contributed by atoms with Crippen LogP contribution in [-0.2, 0) is 6.54 Å². The molecule has 2 heterocycles. The van der Waals surface area contributed by atoms with E-state index in [0.29, 0.717) is 6.54 Å². The third kappa shape index (κ3) is 2.76. The lowest BCUT2D eigenvalue weighted by Gasteiger charge is -2.11. The second kappa shape index (κ2) is 5.75. The fraction of sp³-hybridized carbons (Fsp3) is 0.188. The molecule has 3 aromatic rings. The van der Waals surface area contributed by atoms with E-state index < -0.39 is 0 Å². The smallest absolute Gasteiger partial charge is 0.138 e. The summed E-state index contributed by atoms with van der Waals surface area (Å²) in [5.41, 5.74) is 1.92. The minimum absolute atomic E-state index is 0.637. The van der Waals surface area contributed by atoms with Gasteiger partial charge >= 0.3 is 0 Å². The van der Waals surface area contributed by atoms with Crippen molar-refractivity contribution >= 4 is 16.7 Å². The van der Waals surface area contributed by atoms with E-state index in [0.717, 1.165) is 33.9 Å². The number of rotatable bonds is 4. The van der Waals surface area contributed by atoms with E-state index in [2.05, 4.69) is 20.3 Å². The van der Waals surface area contributed by atoms with Gasteiger partial charge in [0, 0.05) is 23.7 Å². The van der Waals surface area contributed by atoms with Gasteiger partial charge in [-0.15, -0.1) is 0 Å². The van der Waals surface area contributed by atoms with Crippen LogP contribution in [-0.4, -0.2) is 22.1 Å².